The van der Waals surface area contributed by atoms with E-state index in [0.717, 1.165) is 6.42 Å². The first kappa shape index (κ1) is 12.9. The summed E-state index contributed by atoms with van der Waals surface area (Å²) in [6.07, 6.45) is 3.18. The van der Waals surface area contributed by atoms with Gasteiger partial charge in [-0.15, -0.1) is 0 Å². The standard InChI is InChI=1S/C11H24O2/c1-5-6-10(4)7-11(12)8-13-9(2)3/h9-12H,5-8H2,1-4H3. The molecule has 0 amide bonds. The molecule has 0 spiro atoms. The van der Waals surface area contributed by atoms with E-state index in [0.29, 0.717) is 12.5 Å². The molecule has 80 valence electrons. The molecule has 0 aromatic rings. The summed E-state index contributed by atoms with van der Waals surface area (Å²) in [5.41, 5.74) is 0. The first-order valence-corrected chi connectivity index (χ1v) is 5.35. The Morgan fingerprint density at radius 2 is 1.85 bits per heavy atom. The highest BCUT2D eigenvalue weighted by Crippen LogP contribution is 2.12. The van der Waals surface area contributed by atoms with Gasteiger partial charge in [0, 0.05) is 0 Å². The number of aliphatic hydroxyl groups excluding tert-OH is 1. The van der Waals surface area contributed by atoms with Crippen LogP contribution in [0.25, 0.3) is 0 Å². The van der Waals surface area contributed by atoms with Crippen molar-refractivity contribution in [2.75, 3.05) is 6.61 Å². The van der Waals surface area contributed by atoms with E-state index < -0.39 is 0 Å². The molecule has 2 nitrogen and oxygen atoms in total. The first-order chi connectivity index (χ1) is 6.06. The van der Waals surface area contributed by atoms with E-state index in [-0.39, 0.29) is 12.2 Å². The fraction of sp³-hybridized carbons (Fsp3) is 1.00. The van der Waals surface area contributed by atoms with Gasteiger partial charge in [-0.05, 0) is 26.2 Å². The van der Waals surface area contributed by atoms with Crippen LogP contribution in [0.15, 0.2) is 0 Å². The molecular formula is C11H24O2. The number of ether oxygens (including phenoxy) is 1. The molecule has 0 radical (unpaired) electrons. The van der Waals surface area contributed by atoms with Crippen molar-refractivity contribution in [1.29, 1.82) is 0 Å². The van der Waals surface area contributed by atoms with E-state index in [1.807, 2.05) is 13.8 Å². The van der Waals surface area contributed by atoms with Crippen LogP contribution in [-0.2, 0) is 4.74 Å². The Labute approximate surface area is 82.3 Å². The Bertz CT molecular complexity index is 113. The van der Waals surface area contributed by atoms with Gasteiger partial charge in [-0.25, -0.2) is 0 Å². The lowest BCUT2D eigenvalue weighted by molar-refractivity contribution is -0.00319. The zero-order chi connectivity index (χ0) is 10.3. The van der Waals surface area contributed by atoms with Gasteiger partial charge in [0.25, 0.3) is 0 Å². The van der Waals surface area contributed by atoms with Gasteiger partial charge >= 0.3 is 0 Å². The van der Waals surface area contributed by atoms with Crippen LogP contribution in [0.5, 0.6) is 0 Å². The Balaban J connectivity index is 3.43. The maximum Gasteiger partial charge on any atom is 0.0776 e. The summed E-state index contributed by atoms with van der Waals surface area (Å²) in [4.78, 5) is 0. The smallest absolute Gasteiger partial charge is 0.0776 e. The largest absolute Gasteiger partial charge is 0.391 e. The maximum absolute atomic E-state index is 9.57. The van der Waals surface area contributed by atoms with Gasteiger partial charge in [0.1, 0.15) is 0 Å². The van der Waals surface area contributed by atoms with E-state index in [9.17, 15) is 5.11 Å². The van der Waals surface area contributed by atoms with Crippen molar-refractivity contribution in [3.8, 4) is 0 Å². The van der Waals surface area contributed by atoms with Crippen LogP contribution >= 0.6 is 0 Å². The predicted octanol–water partition coefficient (Wildman–Crippen LogP) is 2.60. The molecular weight excluding hydrogens is 164 g/mol. The highest BCUT2D eigenvalue weighted by molar-refractivity contribution is 4.60. The fourth-order valence-electron chi connectivity index (χ4n) is 1.45. The van der Waals surface area contributed by atoms with Crippen LogP contribution in [-0.4, -0.2) is 23.9 Å². The average molecular weight is 188 g/mol. The Hall–Kier alpha value is -0.0800. The Morgan fingerprint density at radius 3 is 2.31 bits per heavy atom. The van der Waals surface area contributed by atoms with Gasteiger partial charge in [-0.1, -0.05) is 26.7 Å². The lowest BCUT2D eigenvalue weighted by Gasteiger charge is -2.17. The van der Waals surface area contributed by atoms with Gasteiger partial charge < -0.3 is 9.84 Å². The second-order valence-electron chi connectivity index (χ2n) is 4.17. The van der Waals surface area contributed by atoms with Gasteiger partial charge in [-0.2, -0.15) is 0 Å². The van der Waals surface area contributed by atoms with Crippen LogP contribution in [0, 0.1) is 5.92 Å². The Kier molecular flexibility index (Phi) is 7.29. The number of aliphatic hydroxyl groups is 1. The molecule has 0 aromatic carbocycles. The quantitative estimate of drug-likeness (QED) is 0.665. The van der Waals surface area contributed by atoms with Crippen molar-refractivity contribution in [2.45, 2.75) is 59.2 Å². The lowest BCUT2D eigenvalue weighted by Crippen LogP contribution is -2.20. The highest BCUT2D eigenvalue weighted by Gasteiger charge is 2.10. The number of rotatable bonds is 7. The van der Waals surface area contributed by atoms with Crippen LogP contribution in [0.4, 0.5) is 0 Å². The van der Waals surface area contributed by atoms with Gasteiger partial charge in [0.05, 0.1) is 18.8 Å². The average Bonchev–Trinajstić information content (AvgIpc) is 2.01. The molecule has 0 saturated heterocycles. The summed E-state index contributed by atoms with van der Waals surface area (Å²) in [5.74, 6) is 0.607. The third-order valence-corrected chi connectivity index (χ3v) is 2.08. The molecule has 0 aliphatic carbocycles. The van der Waals surface area contributed by atoms with Gasteiger partial charge in [0.15, 0.2) is 0 Å². The Morgan fingerprint density at radius 1 is 1.23 bits per heavy atom. The van der Waals surface area contributed by atoms with E-state index in [4.69, 9.17) is 4.74 Å². The number of hydrogen-bond acceptors (Lipinski definition) is 2. The van der Waals surface area contributed by atoms with Crippen molar-refractivity contribution >= 4 is 0 Å². The monoisotopic (exact) mass is 188 g/mol. The molecule has 0 aliphatic heterocycles. The number of hydrogen-bond donors (Lipinski definition) is 1. The van der Waals surface area contributed by atoms with Crippen molar-refractivity contribution in [1.82, 2.24) is 0 Å². The predicted molar refractivity (Wildman–Crippen MR) is 55.8 cm³/mol. The van der Waals surface area contributed by atoms with Gasteiger partial charge in [0.2, 0.25) is 0 Å². The molecule has 2 atom stereocenters. The molecule has 2 unspecified atom stereocenters. The fourth-order valence-corrected chi connectivity index (χ4v) is 1.45. The molecule has 2 heteroatoms. The topological polar surface area (TPSA) is 29.5 Å². The summed E-state index contributed by atoms with van der Waals surface area (Å²) >= 11 is 0. The zero-order valence-electron chi connectivity index (χ0n) is 9.42. The highest BCUT2D eigenvalue weighted by atomic mass is 16.5. The third kappa shape index (κ3) is 8.26. The molecule has 0 heterocycles. The summed E-state index contributed by atoms with van der Waals surface area (Å²) in [6, 6.07) is 0. The lowest BCUT2D eigenvalue weighted by atomic mass is 9.99. The molecule has 0 aromatic heterocycles. The molecule has 0 bridgehead atoms. The van der Waals surface area contributed by atoms with Crippen molar-refractivity contribution < 1.29 is 9.84 Å². The van der Waals surface area contributed by atoms with Crippen LogP contribution in [0.1, 0.15) is 47.0 Å². The summed E-state index contributed by atoms with van der Waals surface area (Å²) < 4.78 is 5.33. The minimum Gasteiger partial charge on any atom is -0.391 e. The van der Waals surface area contributed by atoms with E-state index in [1.165, 1.54) is 12.8 Å². The SMILES string of the molecule is CCCC(C)CC(O)COC(C)C. The first-order valence-electron chi connectivity index (χ1n) is 5.35. The van der Waals surface area contributed by atoms with Gasteiger partial charge in [-0.3, -0.25) is 0 Å². The summed E-state index contributed by atoms with van der Waals surface area (Å²) in [6.45, 7) is 8.81. The van der Waals surface area contributed by atoms with Crippen molar-refractivity contribution in [3.63, 3.8) is 0 Å². The van der Waals surface area contributed by atoms with E-state index in [1.54, 1.807) is 0 Å². The van der Waals surface area contributed by atoms with E-state index >= 15 is 0 Å². The minimum atomic E-state index is -0.288. The molecule has 0 fully saturated rings. The van der Waals surface area contributed by atoms with Crippen LogP contribution < -0.4 is 0 Å². The van der Waals surface area contributed by atoms with Crippen LogP contribution in [0.3, 0.4) is 0 Å². The third-order valence-electron chi connectivity index (χ3n) is 2.08. The molecule has 0 rings (SSSR count). The minimum absolute atomic E-state index is 0.219. The van der Waals surface area contributed by atoms with Crippen LogP contribution in [0.2, 0.25) is 0 Å². The summed E-state index contributed by atoms with van der Waals surface area (Å²) in [7, 11) is 0. The van der Waals surface area contributed by atoms with Crippen molar-refractivity contribution in [2.24, 2.45) is 5.92 Å². The normalized spacial score (nSPS) is 16.2. The zero-order valence-corrected chi connectivity index (χ0v) is 9.42. The molecule has 1 N–H and O–H groups in total. The van der Waals surface area contributed by atoms with Crippen molar-refractivity contribution in [3.05, 3.63) is 0 Å². The molecule has 0 saturated carbocycles. The second-order valence-corrected chi connectivity index (χ2v) is 4.17. The maximum atomic E-state index is 9.57. The molecule has 13 heavy (non-hydrogen) atoms. The van der Waals surface area contributed by atoms with E-state index in [2.05, 4.69) is 13.8 Å². The summed E-state index contributed by atoms with van der Waals surface area (Å²) in [5, 5.41) is 9.57. The molecule has 0 aliphatic rings. The second kappa shape index (κ2) is 7.34.